The van der Waals surface area contributed by atoms with Gasteiger partial charge in [-0.15, -0.1) is 0 Å². The number of anilines is 1. The fourth-order valence-electron chi connectivity index (χ4n) is 2.22. The van der Waals surface area contributed by atoms with Crippen LogP contribution in [0.4, 0.5) is 5.82 Å². The molecule has 1 unspecified atom stereocenters. The molecule has 0 aliphatic rings. The van der Waals surface area contributed by atoms with Crippen molar-refractivity contribution >= 4 is 22.7 Å². The predicted molar refractivity (Wildman–Crippen MR) is 80.7 cm³/mol. The number of carboxylic acids is 1. The smallest absolute Gasteiger partial charge is 0.374 e. The molecule has 6 nitrogen and oxygen atoms in total. The maximum absolute atomic E-state index is 11.2. The summed E-state index contributed by atoms with van der Waals surface area (Å²) in [4.78, 5) is 19.3. The molecule has 2 rings (SSSR count). The van der Waals surface area contributed by atoms with Crippen LogP contribution in [0.2, 0.25) is 0 Å². The van der Waals surface area contributed by atoms with E-state index in [2.05, 4.69) is 22.2 Å². The van der Waals surface area contributed by atoms with Gasteiger partial charge in [-0.25, -0.2) is 14.8 Å². The number of methoxy groups -OCH3 is 1. The molecule has 21 heavy (non-hydrogen) atoms. The van der Waals surface area contributed by atoms with Crippen LogP contribution in [0.5, 0.6) is 0 Å². The van der Waals surface area contributed by atoms with Crippen LogP contribution in [0.15, 0.2) is 24.3 Å². The summed E-state index contributed by atoms with van der Waals surface area (Å²) >= 11 is 0. The summed E-state index contributed by atoms with van der Waals surface area (Å²) < 4.78 is 5.20. The summed E-state index contributed by atoms with van der Waals surface area (Å²) in [5, 5.41) is 13.2. The van der Waals surface area contributed by atoms with Crippen molar-refractivity contribution in [1.29, 1.82) is 0 Å². The number of aromatic nitrogens is 2. The van der Waals surface area contributed by atoms with Crippen LogP contribution < -0.4 is 5.32 Å². The van der Waals surface area contributed by atoms with Gasteiger partial charge in [-0.05, 0) is 18.6 Å². The average molecular weight is 289 g/mol. The molecule has 0 aliphatic heterocycles. The highest BCUT2D eigenvalue weighted by Crippen LogP contribution is 2.21. The second-order valence-electron chi connectivity index (χ2n) is 4.80. The van der Waals surface area contributed by atoms with E-state index < -0.39 is 5.97 Å². The minimum atomic E-state index is -1.14. The summed E-state index contributed by atoms with van der Waals surface area (Å²) in [5.74, 6) is -0.806. The number of fused-ring (bicyclic) bond motifs is 1. The van der Waals surface area contributed by atoms with Crippen LogP contribution in [0.25, 0.3) is 10.9 Å². The monoisotopic (exact) mass is 289 g/mol. The number of hydrogen-bond donors (Lipinski definition) is 2. The maximum atomic E-state index is 11.2. The zero-order chi connectivity index (χ0) is 15.2. The van der Waals surface area contributed by atoms with Gasteiger partial charge >= 0.3 is 5.97 Å². The summed E-state index contributed by atoms with van der Waals surface area (Å²) in [6.07, 6.45) is 1.91. The zero-order valence-corrected chi connectivity index (χ0v) is 12.2. The first kappa shape index (κ1) is 15.2. The summed E-state index contributed by atoms with van der Waals surface area (Å²) in [5.41, 5.74) is 0.611. The topological polar surface area (TPSA) is 84.3 Å². The van der Waals surface area contributed by atoms with E-state index in [0.717, 1.165) is 18.2 Å². The number of hydrogen-bond acceptors (Lipinski definition) is 5. The van der Waals surface area contributed by atoms with Crippen molar-refractivity contribution in [2.24, 2.45) is 0 Å². The predicted octanol–water partition coefficient (Wildman–Crippen LogP) is 2.56. The Morgan fingerprint density at radius 1 is 1.38 bits per heavy atom. The van der Waals surface area contributed by atoms with Gasteiger partial charge in [0.15, 0.2) is 0 Å². The number of carboxylic acid groups (broad SMARTS) is 1. The second kappa shape index (κ2) is 6.99. The number of nitrogens with one attached hydrogen (secondary N) is 1. The Balaban J connectivity index is 2.42. The molecule has 1 aromatic heterocycles. The third-order valence-electron chi connectivity index (χ3n) is 3.14. The van der Waals surface area contributed by atoms with Gasteiger partial charge < -0.3 is 15.2 Å². The van der Waals surface area contributed by atoms with Gasteiger partial charge in [-0.1, -0.05) is 25.5 Å². The molecule has 1 atom stereocenters. The molecule has 0 saturated heterocycles. The van der Waals surface area contributed by atoms with Crippen LogP contribution >= 0.6 is 0 Å². The van der Waals surface area contributed by atoms with Crippen molar-refractivity contribution in [3.8, 4) is 0 Å². The Morgan fingerprint density at radius 3 is 2.81 bits per heavy atom. The van der Waals surface area contributed by atoms with Crippen LogP contribution in [0.1, 0.15) is 30.4 Å². The van der Waals surface area contributed by atoms with E-state index in [4.69, 9.17) is 9.84 Å². The molecule has 2 aromatic rings. The van der Waals surface area contributed by atoms with E-state index in [1.807, 2.05) is 18.2 Å². The molecule has 0 saturated carbocycles. The number of nitrogens with zero attached hydrogens (tertiary/aromatic N) is 2. The molecule has 0 fully saturated rings. The van der Waals surface area contributed by atoms with E-state index >= 15 is 0 Å². The minimum Gasteiger partial charge on any atom is -0.475 e. The fraction of sp³-hybridized carbons (Fsp3) is 0.400. The zero-order valence-electron chi connectivity index (χ0n) is 12.2. The average Bonchev–Trinajstić information content (AvgIpc) is 2.47. The van der Waals surface area contributed by atoms with Crippen LogP contribution in [-0.2, 0) is 4.74 Å². The van der Waals surface area contributed by atoms with Gasteiger partial charge in [0.1, 0.15) is 5.82 Å². The normalized spacial score (nSPS) is 12.3. The Morgan fingerprint density at radius 2 is 2.14 bits per heavy atom. The Labute approximate surface area is 123 Å². The lowest BCUT2D eigenvalue weighted by Gasteiger charge is -2.19. The maximum Gasteiger partial charge on any atom is 0.374 e. The van der Waals surface area contributed by atoms with Crippen LogP contribution in [-0.4, -0.2) is 40.8 Å². The SMILES string of the molecule is CCCC(COC)Nc1nc(C(=O)O)nc2ccccc12. The molecular weight excluding hydrogens is 270 g/mol. The van der Waals surface area contributed by atoms with Crippen molar-refractivity contribution in [3.63, 3.8) is 0 Å². The van der Waals surface area contributed by atoms with Gasteiger partial charge in [0, 0.05) is 12.5 Å². The molecule has 0 aliphatic carbocycles. The third kappa shape index (κ3) is 3.66. The summed E-state index contributed by atoms with van der Waals surface area (Å²) in [6.45, 7) is 2.62. The highest BCUT2D eigenvalue weighted by molar-refractivity contribution is 5.93. The second-order valence-corrected chi connectivity index (χ2v) is 4.80. The Hall–Kier alpha value is -2.21. The van der Waals surface area contributed by atoms with E-state index in [0.29, 0.717) is 17.9 Å². The Bertz CT molecular complexity index is 625. The van der Waals surface area contributed by atoms with Gasteiger partial charge in [-0.2, -0.15) is 0 Å². The molecule has 1 aromatic carbocycles. The number of para-hydroxylation sites is 1. The molecule has 2 N–H and O–H groups in total. The van der Waals surface area contributed by atoms with Gasteiger partial charge in [0.2, 0.25) is 5.82 Å². The minimum absolute atomic E-state index is 0.0833. The van der Waals surface area contributed by atoms with Crippen molar-refractivity contribution in [2.45, 2.75) is 25.8 Å². The first-order chi connectivity index (χ1) is 10.2. The van der Waals surface area contributed by atoms with E-state index in [1.54, 1.807) is 13.2 Å². The number of benzene rings is 1. The van der Waals surface area contributed by atoms with Crippen molar-refractivity contribution < 1.29 is 14.6 Å². The summed E-state index contributed by atoms with van der Waals surface area (Å²) in [6, 6.07) is 7.44. The number of carbonyl (C=O) groups is 1. The molecule has 0 radical (unpaired) electrons. The van der Waals surface area contributed by atoms with Crippen LogP contribution in [0.3, 0.4) is 0 Å². The molecule has 0 amide bonds. The van der Waals surface area contributed by atoms with Gasteiger partial charge in [0.05, 0.1) is 18.2 Å². The van der Waals surface area contributed by atoms with Gasteiger partial charge in [-0.3, -0.25) is 0 Å². The standard InChI is InChI=1S/C15H19N3O3/c1-3-6-10(9-21-2)16-13-11-7-4-5-8-12(11)17-14(18-13)15(19)20/h4-5,7-8,10H,3,6,9H2,1-2H3,(H,19,20)(H,16,17,18). The third-order valence-corrected chi connectivity index (χ3v) is 3.14. The fourth-order valence-corrected chi connectivity index (χ4v) is 2.22. The number of rotatable bonds is 7. The highest BCUT2D eigenvalue weighted by atomic mass is 16.5. The first-order valence-electron chi connectivity index (χ1n) is 6.91. The molecule has 1 heterocycles. The largest absolute Gasteiger partial charge is 0.475 e. The van der Waals surface area contributed by atoms with Crippen LogP contribution in [0, 0.1) is 0 Å². The molecule has 6 heteroatoms. The highest BCUT2D eigenvalue weighted by Gasteiger charge is 2.15. The quantitative estimate of drug-likeness (QED) is 0.815. The van der Waals surface area contributed by atoms with Crippen molar-refractivity contribution in [3.05, 3.63) is 30.1 Å². The summed E-state index contributed by atoms with van der Waals surface area (Å²) in [7, 11) is 1.64. The number of ether oxygens (including phenoxy) is 1. The molecular formula is C15H19N3O3. The lowest BCUT2D eigenvalue weighted by atomic mass is 10.1. The van der Waals surface area contributed by atoms with Crippen molar-refractivity contribution in [2.75, 3.05) is 19.0 Å². The molecule has 0 bridgehead atoms. The Kier molecular flexibility index (Phi) is 5.05. The van der Waals surface area contributed by atoms with Gasteiger partial charge in [0.25, 0.3) is 0 Å². The molecule has 0 spiro atoms. The first-order valence-corrected chi connectivity index (χ1v) is 6.91. The number of aromatic carboxylic acids is 1. The van der Waals surface area contributed by atoms with E-state index in [-0.39, 0.29) is 11.9 Å². The van der Waals surface area contributed by atoms with E-state index in [9.17, 15) is 4.79 Å². The van der Waals surface area contributed by atoms with E-state index in [1.165, 1.54) is 0 Å². The lowest BCUT2D eigenvalue weighted by molar-refractivity contribution is 0.0684. The molecule has 112 valence electrons. The van der Waals surface area contributed by atoms with Crippen molar-refractivity contribution in [1.82, 2.24) is 9.97 Å². The lowest BCUT2D eigenvalue weighted by Crippen LogP contribution is -2.26.